The predicted molar refractivity (Wildman–Crippen MR) is 61.3 cm³/mol. The third-order valence-electron chi connectivity index (χ3n) is 2.39. The van der Waals surface area contributed by atoms with E-state index in [1.807, 2.05) is 6.07 Å². The summed E-state index contributed by atoms with van der Waals surface area (Å²) in [5, 5.41) is 11.4. The number of hydrogen-bond acceptors (Lipinski definition) is 4. The molecule has 0 saturated heterocycles. The van der Waals surface area contributed by atoms with Crippen molar-refractivity contribution in [1.82, 2.24) is 5.32 Å². The van der Waals surface area contributed by atoms with E-state index < -0.39 is 27.2 Å². The number of nitrogens with one attached hydrogen (secondary N) is 1. The Labute approximate surface area is 96.8 Å². The molecule has 0 aromatic heterocycles. The summed E-state index contributed by atoms with van der Waals surface area (Å²) in [6.45, 7) is 4.88. The molecular formula is C10H18N2O3S. The molecule has 0 spiro atoms. The molecule has 0 aliphatic carbocycles. The number of amides is 1. The number of carbonyl (C=O) groups is 1. The third-order valence-corrected chi connectivity index (χ3v) is 3.49. The zero-order valence-electron chi connectivity index (χ0n) is 10.1. The molecule has 0 aromatic rings. The number of hydrogen-bond donors (Lipinski definition) is 1. The fraction of sp³-hybridized carbons (Fsp3) is 0.800. The highest BCUT2D eigenvalue weighted by molar-refractivity contribution is 7.90. The Balaban J connectivity index is 4.54. The summed E-state index contributed by atoms with van der Waals surface area (Å²) in [7, 11) is -3.13. The largest absolute Gasteiger partial charge is 0.351 e. The summed E-state index contributed by atoms with van der Waals surface area (Å²) in [5.41, 5.74) is -1.09. The van der Waals surface area contributed by atoms with Crippen LogP contribution in [-0.2, 0) is 14.6 Å². The first-order valence-electron chi connectivity index (χ1n) is 5.04. The molecule has 1 amide bonds. The van der Waals surface area contributed by atoms with E-state index in [2.05, 4.69) is 5.32 Å². The Bertz CT molecular complexity index is 397. The van der Waals surface area contributed by atoms with Crippen molar-refractivity contribution >= 4 is 15.7 Å². The van der Waals surface area contributed by atoms with Crippen LogP contribution in [0.25, 0.3) is 0 Å². The van der Waals surface area contributed by atoms with Crippen molar-refractivity contribution < 1.29 is 13.2 Å². The molecule has 0 rings (SSSR count). The molecular weight excluding hydrogens is 228 g/mol. The average molecular weight is 246 g/mol. The van der Waals surface area contributed by atoms with Gasteiger partial charge in [-0.25, -0.2) is 8.42 Å². The van der Waals surface area contributed by atoms with Gasteiger partial charge in [0.25, 0.3) is 0 Å². The first-order chi connectivity index (χ1) is 7.14. The molecule has 0 fully saturated rings. The van der Waals surface area contributed by atoms with Crippen LogP contribution in [-0.4, -0.2) is 32.4 Å². The van der Waals surface area contributed by atoms with Crippen molar-refractivity contribution in [1.29, 1.82) is 5.26 Å². The van der Waals surface area contributed by atoms with Gasteiger partial charge in [-0.3, -0.25) is 4.79 Å². The Morgan fingerprint density at radius 2 is 2.06 bits per heavy atom. The van der Waals surface area contributed by atoms with Crippen molar-refractivity contribution in [2.45, 2.75) is 33.2 Å². The van der Waals surface area contributed by atoms with Crippen LogP contribution >= 0.6 is 0 Å². The molecule has 0 radical (unpaired) electrons. The van der Waals surface area contributed by atoms with Gasteiger partial charge < -0.3 is 5.32 Å². The monoisotopic (exact) mass is 246 g/mol. The average Bonchev–Trinajstić information content (AvgIpc) is 2.13. The SMILES string of the molecule is CCC(C)(C#N)C(=O)NC(C)CS(C)(=O)=O. The van der Waals surface area contributed by atoms with Crippen LogP contribution in [0.3, 0.4) is 0 Å². The molecule has 6 heteroatoms. The molecule has 1 N–H and O–H groups in total. The van der Waals surface area contributed by atoms with Gasteiger partial charge in [0, 0.05) is 12.3 Å². The van der Waals surface area contributed by atoms with Crippen molar-refractivity contribution in [2.75, 3.05) is 12.0 Å². The lowest BCUT2D eigenvalue weighted by molar-refractivity contribution is -0.128. The summed E-state index contributed by atoms with van der Waals surface area (Å²) in [4.78, 5) is 11.7. The van der Waals surface area contributed by atoms with E-state index in [0.717, 1.165) is 6.26 Å². The van der Waals surface area contributed by atoms with Crippen molar-refractivity contribution in [2.24, 2.45) is 5.41 Å². The number of nitriles is 1. The van der Waals surface area contributed by atoms with Gasteiger partial charge >= 0.3 is 0 Å². The first kappa shape index (κ1) is 14.9. The second-order valence-corrected chi connectivity index (χ2v) is 6.45. The van der Waals surface area contributed by atoms with Crippen LogP contribution in [0.5, 0.6) is 0 Å². The summed E-state index contributed by atoms with van der Waals surface area (Å²) < 4.78 is 22.0. The Morgan fingerprint density at radius 1 is 1.56 bits per heavy atom. The summed E-state index contributed by atoms with van der Waals surface area (Å²) in [6, 6.07) is 1.45. The zero-order valence-corrected chi connectivity index (χ0v) is 10.9. The molecule has 2 atom stereocenters. The van der Waals surface area contributed by atoms with Crippen molar-refractivity contribution in [3.8, 4) is 6.07 Å². The second-order valence-electron chi connectivity index (χ2n) is 4.26. The normalized spacial score (nSPS) is 16.9. The Kier molecular flexibility index (Phi) is 4.94. The molecule has 0 bridgehead atoms. The third kappa shape index (κ3) is 4.62. The first-order valence-corrected chi connectivity index (χ1v) is 7.10. The van der Waals surface area contributed by atoms with Crippen LogP contribution in [0, 0.1) is 16.7 Å². The quantitative estimate of drug-likeness (QED) is 0.764. The van der Waals surface area contributed by atoms with E-state index >= 15 is 0 Å². The topological polar surface area (TPSA) is 87.0 Å². The number of carbonyl (C=O) groups excluding carboxylic acids is 1. The number of sulfone groups is 1. The standard InChI is InChI=1S/C10H18N2O3S/c1-5-10(3,7-11)9(13)12-8(2)6-16(4,14)15/h8H,5-6H2,1-4H3,(H,12,13). The molecule has 2 unspecified atom stereocenters. The fourth-order valence-corrected chi connectivity index (χ4v) is 2.16. The maximum absolute atomic E-state index is 11.7. The number of nitrogens with zero attached hydrogens (tertiary/aromatic N) is 1. The zero-order chi connectivity index (χ0) is 13.0. The minimum absolute atomic E-state index is 0.121. The Hall–Kier alpha value is -1.09. The van der Waals surface area contributed by atoms with Crippen LogP contribution in [0.15, 0.2) is 0 Å². The van der Waals surface area contributed by atoms with Crippen LogP contribution < -0.4 is 5.32 Å². The van der Waals surface area contributed by atoms with Gasteiger partial charge in [-0.2, -0.15) is 5.26 Å². The lowest BCUT2D eigenvalue weighted by atomic mass is 9.88. The minimum atomic E-state index is -3.13. The molecule has 92 valence electrons. The smallest absolute Gasteiger partial charge is 0.240 e. The lowest BCUT2D eigenvalue weighted by Gasteiger charge is -2.21. The molecule has 0 heterocycles. The molecule has 0 aromatic carbocycles. The Morgan fingerprint density at radius 3 is 2.38 bits per heavy atom. The molecule has 5 nitrogen and oxygen atoms in total. The van der Waals surface area contributed by atoms with E-state index in [-0.39, 0.29) is 5.75 Å². The van der Waals surface area contributed by atoms with E-state index in [1.165, 1.54) is 6.92 Å². The highest BCUT2D eigenvalue weighted by atomic mass is 32.2. The number of rotatable bonds is 5. The van der Waals surface area contributed by atoms with Crippen LogP contribution in [0.1, 0.15) is 27.2 Å². The maximum Gasteiger partial charge on any atom is 0.240 e. The highest BCUT2D eigenvalue weighted by Crippen LogP contribution is 2.19. The molecule has 16 heavy (non-hydrogen) atoms. The lowest BCUT2D eigenvalue weighted by Crippen LogP contribution is -2.44. The van der Waals surface area contributed by atoms with Gasteiger partial charge in [0.2, 0.25) is 5.91 Å². The van der Waals surface area contributed by atoms with Crippen LogP contribution in [0.2, 0.25) is 0 Å². The summed E-state index contributed by atoms with van der Waals surface area (Å²) >= 11 is 0. The van der Waals surface area contributed by atoms with Gasteiger partial charge in [0.1, 0.15) is 15.3 Å². The van der Waals surface area contributed by atoms with Crippen molar-refractivity contribution in [3.63, 3.8) is 0 Å². The van der Waals surface area contributed by atoms with E-state index in [9.17, 15) is 13.2 Å². The minimum Gasteiger partial charge on any atom is -0.351 e. The maximum atomic E-state index is 11.7. The van der Waals surface area contributed by atoms with E-state index in [4.69, 9.17) is 5.26 Å². The summed E-state index contributed by atoms with van der Waals surface area (Å²) in [5.74, 6) is -0.544. The molecule has 0 aliphatic rings. The van der Waals surface area contributed by atoms with Crippen LogP contribution in [0.4, 0.5) is 0 Å². The van der Waals surface area contributed by atoms with Gasteiger partial charge in [-0.15, -0.1) is 0 Å². The van der Waals surface area contributed by atoms with Gasteiger partial charge in [-0.1, -0.05) is 6.92 Å². The van der Waals surface area contributed by atoms with E-state index in [1.54, 1.807) is 13.8 Å². The highest BCUT2D eigenvalue weighted by Gasteiger charge is 2.32. The van der Waals surface area contributed by atoms with Gasteiger partial charge in [0.15, 0.2) is 0 Å². The second kappa shape index (κ2) is 5.30. The van der Waals surface area contributed by atoms with E-state index in [0.29, 0.717) is 6.42 Å². The van der Waals surface area contributed by atoms with Gasteiger partial charge in [-0.05, 0) is 20.3 Å². The summed E-state index contributed by atoms with van der Waals surface area (Å²) in [6.07, 6.45) is 1.50. The predicted octanol–water partition coefficient (Wildman–Crippen LogP) is 0.476. The fourth-order valence-electron chi connectivity index (χ4n) is 1.17. The molecule has 0 aliphatic heterocycles. The molecule has 0 saturated carbocycles. The van der Waals surface area contributed by atoms with Crippen molar-refractivity contribution in [3.05, 3.63) is 0 Å². The van der Waals surface area contributed by atoms with Gasteiger partial charge in [0.05, 0.1) is 11.8 Å².